The van der Waals surface area contributed by atoms with Crippen LogP contribution in [0.5, 0.6) is 0 Å². The van der Waals surface area contributed by atoms with Crippen LogP contribution in [0.4, 0.5) is 0 Å². The maximum absolute atomic E-state index is 6.54. The SMILES string of the molecule is c1ccc(-c2nc3c(-c4nc(-c5ccc6ccccc6c5)nc(-c5cc(-c6ccccc6)c6ccccc6c5)n4)c4c(cc3o2)sc2ccccc24)cc1. The predicted molar refractivity (Wildman–Crippen MR) is 222 cm³/mol. The first-order chi connectivity index (χ1) is 26.7. The van der Waals surface area contributed by atoms with Gasteiger partial charge in [-0.15, -0.1) is 11.3 Å². The molecule has 0 spiro atoms. The van der Waals surface area contributed by atoms with Crippen LogP contribution in [0, 0.1) is 0 Å². The molecule has 6 heteroatoms. The van der Waals surface area contributed by atoms with E-state index in [1.807, 2.05) is 36.4 Å². The second-order valence-corrected chi connectivity index (χ2v) is 14.5. The van der Waals surface area contributed by atoms with Crippen LogP contribution in [0.3, 0.4) is 0 Å². The van der Waals surface area contributed by atoms with Crippen molar-refractivity contribution in [1.82, 2.24) is 19.9 Å². The molecule has 0 radical (unpaired) electrons. The second-order valence-electron chi connectivity index (χ2n) is 13.4. The molecule has 0 bridgehead atoms. The van der Waals surface area contributed by atoms with Gasteiger partial charge in [-0.25, -0.2) is 19.9 Å². The molecule has 0 fully saturated rings. The smallest absolute Gasteiger partial charge is 0.227 e. The normalized spacial score (nSPS) is 11.7. The first-order valence-corrected chi connectivity index (χ1v) is 18.7. The van der Waals surface area contributed by atoms with E-state index in [0.717, 1.165) is 70.5 Å². The molecule has 0 aliphatic heterocycles. The number of thiophene rings is 1. The summed E-state index contributed by atoms with van der Waals surface area (Å²) >= 11 is 1.74. The molecule has 11 aromatic rings. The van der Waals surface area contributed by atoms with Gasteiger partial charge >= 0.3 is 0 Å². The maximum Gasteiger partial charge on any atom is 0.227 e. The number of fused-ring (bicyclic) bond motifs is 6. The van der Waals surface area contributed by atoms with Crippen LogP contribution >= 0.6 is 11.3 Å². The van der Waals surface area contributed by atoms with Crippen molar-refractivity contribution in [3.8, 4) is 56.7 Å². The topological polar surface area (TPSA) is 64.7 Å². The number of oxazole rings is 1. The van der Waals surface area contributed by atoms with E-state index in [-0.39, 0.29) is 0 Å². The molecular formula is C48H28N4OS. The fourth-order valence-electron chi connectivity index (χ4n) is 7.56. The molecule has 252 valence electrons. The standard InChI is InChI=1S/C48H28N4OS/c1-3-14-30(15-4-1)38-27-35(26-33-19-9-10-20-36(33)38)46-50-45(34-24-23-29-13-7-8-18-32(29)25-34)51-47(52-46)43-42-37-21-11-12-22-40(37)54-41(42)28-39-44(43)49-48(53-39)31-16-5-2-6-17-31/h1-28H. The number of nitrogens with zero attached hydrogens (tertiary/aromatic N) is 4. The third-order valence-electron chi connectivity index (χ3n) is 10.1. The van der Waals surface area contributed by atoms with Crippen molar-refractivity contribution in [3.63, 3.8) is 0 Å². The zero-order valence-corrected chi connectivity index (χ0v) is 29.6. The van der Waals surface area contributed by atoms with Gasteiger partial charge < -0.3 is 4.42 Å². The average Bonchev–Trinajstić information content (AvgIpc) is 3.84. The van der Waals surface area contributed by atoms with Gasteiger partial charge in [-0.2, -0.15) is 0 Å². The minimum Gasteiger partial charge on any atom is -0.436 e. The average molecular weight is 709 g/mol. The van der Waals surface area contributed by atoms with Gasteiger partial charge in [-0.3, -0.25) is 0 Å². The lowest BCUT2D eigenvalue weighted by molar-refractivity contribution is 0.620. The van der Waals surface area contributed by atoms with Crippen molar-refractivity contribution >= 4 is 64.2 Å². The van der Waals surface area contributed by atoms with Gasteiger partial charge in [-0.05, 0) is 69.1 Å². The lowest BCUT2D eigenvalue weighted by Gasteiger charge is -2.13. The van der Waals surface area contributed by atoms with E-state index in [1.165, 1.54) is 10.1 Å². The molecule has 5 nitrogen and oxygen atoms in total. The minimum absolute atomic E-state index is 0.546. The van der Waals surface area contributed by atoms with Crippen molar-refractivity contribution < 1.29 is 4.42 Å². The fourth-order valence-corrected chi connectivity index (χ4v) is 8.71. The minimum atomic E-state index is 0.546. The van der Waals surface area contributed by atoms with Gasteiger partial charge in [0.05, 0.1) is 5.56 Å². The third kappa shape index (κ3) is 5.07. The summed E-state index contributed by atoms with van der Waals surface area (Å²) in [7, 11) is 0. The van der Waals surface area contributed by atoms with E-state index in [1.54, 1.807) is 11.3 Å². The van der Waals surface area contributed by atoms with E-state index in [2.05, 4.69) is 133 Å². The van der Waals surface area contributed by atoms with Gasteiger partial charge in [0.2, 0.25) is 5.89 Å². The molecule has 3 heterocycles. The van der Waals surface area contributed by atoms with Crippen LogP contribution in [0.2, 0.25) is 0 Å². The van der Waals surface area contributed by atoms with Gasteiger partial charge in [-0.1, -0.05) is 127 Å². The quantitative estimate of drug-likeness (QED) is 0.178. The molecule has 3 aromatic heterocycles. The van der Waals surface area contributed by atoms with Crippen molar-refractivity contribution in [2.75, 3.05) is 0 Å². The Kier molecular flexibility index (Phi) is 6.97. The molecule has 54 heavy (non-hydrogen) atoms. The second kappa shape index (κ2) is 12.3. The van der Waals surface area contributed by atoms with Crippen molar-refractivity contribution in [3.05, 3.63) is 170 Å². The highest BCUT2D eigenvalue weighted by atomic mass is 32.1. The number of benzene rings is 8. The Morgan fingerprint density at radius 3 is 1.85 bits per heavy atom. The van der Waals surface area contributed by atoms with E-state index in [9.17, 15) is 0 Å². The Morgan fingerprint density at radius 2 is 1.04 bits per heavy atom. The van der Waals surface area contributed by atoms with Crippen molar-refractivity contribution in [2.24, 2.45) is 0 Å². The Morgan fingerprint density at radius 1 is 0.407 bits per heavy atom. The van der Waals surface area contributed by atoms with Crippen LogP contribution in [-0.2, 0) is 0 Å². The number of aromatic nitrogens is 4. The van der Waals surface area contributed by atoms with Crippen molar-refractivity contribution in [1.29, 1.82) is 0 Å². The Hall–Kier alpha value is -7.02. The van der Waals surface area contributed by atoms with E-state index >= 15 is 0 Å². The van der Waals surface area contributed by atoms with E-state index in [0.29, 0.717) is 28.9 Å². The van der Waals surface area contributed by atoms with Gasteiger partial charge in [0.1, 0.15) is 5.52 Å². The molecule has 0 aliphatic carbocycles. The summed E-state index contributed by atoms with van der Waals surface area (Å²) < 4.78 is 8.80. The molecule has 0 atom stereocenters. The summed E-state index contributed by atoms with van der Waals surface area (Å²) in [6.45, 7) is 0. The highest BCUT2D eigenvalue weighted by molar-refractivity contribution is 7.26. The summed E-state index contributed by atoms with van der Waals surface area (Å²) in [5.41, 5.74) is 7.21. The lowest BCUT2D eigenvalue weighted by atomic mass is 9.95. The van der Waals surface area contributed by atoms with Gasteiger partial charge in [0, 0.05) is 42.9 Å². The summed E-state index contributed by atoms with van der Waals surface area (Å²) in [6.07, 6.45) is 0. The summed E-state index contributed by atoms with van der Waals surface area (Å²) in [5, 5.41) is 6.74. The van der Waals surface area contributed by atoms with Crippen LogP contribution in [0.15, 0.2) is 174 Å². The van der Waals surface area contributed by atoms with Crippen LogP contribution in [0.25, 0.3) is 110 Å². The highest BCUT2D eigenvalue weighted by Crippen LogP contribution is 2.45. The molecule has 8 aromatic carbocycles. The van der Waals surface area contributed by atoms with E-state index < -0.39 is 0 Å². The molecule has 11 rings (SSSR count). The zero-order chi connectivity index (χ0) is 35.6. The molecule has 0 saturated heterocycles. The van der Waals surface area contributed by atoms with E-state index in [4.69, 9.17) is 24.4 Å². The zero-order valence-electron chi connectivity index (χ0n) is 28.8. The monoisotopic (exact) mass is 708 g/mol. The third-order valence-corrected chi connectivity index (χ3v) is 11.2. The van der Waals surface area contributed by atoms with Crippen LogP contribution in [0.1, 0.15) is 0 Å². The molecule has 0 aliphatic rings. The predicted octanol–water partition coefficient (Wildman–Crippen LogP) is 13.0. The number of hydrogen-bond acceptors (Lipinski definition) is 6. The molecule has 0 amide bonds. The molecule has 0 N–H and O–H groups in total. The summed E-state index contributed by atoms with van der Waals surface area (Å²) in [5.74, 6) is 2.28. The lowest BCUT2D eigenvalue weighted by Crippen LogP contribution is -2.01. The van der Waals surface area contributed by atoms with Gasteiger partial charge in [0.25, 0.3) is 0 Å². The maximum atomic E-state index is 6.54. The summed E-state index contributed by atoms with van der Waals surface area (Å²) in [6, 6.07) is 58.8. The van der Waals surface area contributed by atoms with Crippen molar-refractivity contribution in [2.45, 2.75) is 0 Å². The molecule has 0 unspecified atom stereocenters. The number of rotatable bonds is 5. The fraction of sp³-hybridized carbons (Fsp3) is 0. The largest absolute Gasteiger partial charge is 0.436 e. The Balaban J connectivity index is 1.24. The number of hydrogen-bond donors (Lipinski definition) is 0. The molecule has 0 saturated carbocycles. The summed E-state index contributed by atoms with van der Waals surface area (Å²) in [4.78, 5) is 21.1. The van der Waals surface area contributed by atoms with Crippen LogP contribution < -0.4 is 0 Å². The van der Waals surface area contributed by atoms with Gasteiger partial charge in [0.15, 0.2) is 23.1 Å². The Bertz CT molecular complexity index is 3220. The first-order valence-electron chi connectivity index (χ1n) is 17.9. The Labute approximate surface area is 313 Å². The first kappa shape index (κ1) is 30.6. The van der Waals surface area contributed by atoms with Crippen LogP contribution in [-0.4, -0.2) is 19.9 Å². The highest BCUT2D eigenvalue weighted by Gasteiger charge is 2.24. The molecular weight excluding hydrogens is 681 g/mol.